The van der Waals surface area contributed by atoms with Crippen molar-refractivity contribution in [3.8, 4) is 0 Å². The molecule has 1 unspecified atom stereocenters. The third-order valence-electron chi connectivity index (χ3n) is 3.43. The molecule has 1 aromatic carbocycles. The Kier molecular flexibility index (Phi) is 5.61. The Morgan fingerprint density at radius 1 is 1.29 bits per heavy atom. The Labute approximate surface area is 130 Å². The van der Waals surface area contributed by atoms with Crippen LogP contribution in [0, 0.1) is 0 Å². The lowest BCUT2D eigenvalue weighted by molar-refractivity contribution is -0.120. The topological polar surface area (TPSA) is 75.3 Å². The molecule has 116 valence electrons. The fourth-order valence-electron chi connectivity index (χ4n) is 2.25. The summed E-state index contributed by atoms with van der Waals surface area (Å²) in [7, 11) is -2.90. The summed E-state index contributed by atoms with van der Waals surface area (Å²) in [5.41, 5.74) is 1.11. The number of carbonyl (C=O) groups is 1. The Morgan fingerprint density at radius 2 is 2.00 bits per heavy atom. The summed E-state index contributed by atoms with van der Waals surface area (Å²) in [6.45, 7) is 0.700. The molecule has 1 heterocycles. The van der Waals surface area contributed by atoms with Crippen LogP contribution in [-0.4, -0.2) is 45.0 Å². The summed E-state index contributed by atoms with van der Waals surface area (Å²) in [6, 6.07) is 7.39. The second kappa shape index (κ2) is 7.24. The first kappa shape index (κ1) is 16.3. The molecule has 1 aliphatic rings. The first-order valence-corrected chi connectivity index (χ1v) is 9.09. The van der Waals surface area contributed by atoms with Crippen LogP contribution in [0.5, 0.6) is 0 Å². The zero-order valence-corrected chi connectivity index (χ0v) is 13.2. The molecule has 21 heavy (non-hydrogen) atoms. The lowest BCUT2D eigenvalue weighted by Crippen LogP contribution is -2.40. The second-order valence-electron chi connectivity index (χ2n) is 5.21. The van der Waals surface area contributed by atoms with Gasteiger partial charge >= 0.3 is 0 Å². The summed E-state index contributed by atoms with van der Waals surface area (Å²) in [5.74, 6) is 0.224. The fourth-order valence-corrected chi connectivity index (χ4v) is 4.09. The molecular weight excluding hydrogens is 312 g/mol. The van der Waals surface area contributed by atoms with E-state index in [0.717, 1.165) is 12.0 Å². The highest BCUT2D eigenvalue weighted by Crippen LogP contribution is 2.11. The largest absolute Gasteiger partial charge is 0.355 e. The number of nitrogens with one attached hydrogen (secondary N) is 2. The maximum Gasteiger partial charge on any atom is 0.233 e. The number of hydrogen-bond acceptors (Lipinski definition) is 4. The van der Waals surface area contributed by atoms with Gasteiger partial charge < -0.3 is 10.6 Å². The van der Waals surface area contributed by atoms with Crippen LogP contribution in [0.25, 0.3) is 0 Å². The van der Waals surface area contributed by atoms with Gasteiger partial charge in [0.2, 0.25) is 5.91 Å². The molecule has 0 spiro atoms. The molecule has 1 amide bonds. The van der Waals surface area contributed by atoms with Crippen LogP contribution in [0.2, 0.25) is 5.02 Å². The van der Waals surface area contributed by atoms with Crippen molar-refractivity contribution in [3.63, 3.8) is 0 Å². The summed E-state index contributed by atoms with van der Waals surface area (Å²) < 4.78 is 22.6. The Hall–Kier alpha value is -1.11. The number of benzene rings is 1. The molecule has 1 atom stereocenters. The lowest BCUT2D eigenvalue weighted by Gasteiger charge is -2.10. The van der Waals surface area contributed by atoms with E-state index in [1.165, 1.54) is 0 Å². The summed E-state index contributed by atoms with van der Waals surface area (Å²) in [6.07, 6.45) is 1.32. The zero-order valence-electron chi connectivity index (χ0n) is 11.6. The van der Waals surface area contributed by atoms with Crippen LogP contribution in [0.1, 0.15) is 12.0 Å². The van der Waals surface area contributed by atoms with Gasteiger partial charge in [-0.2, -0.15) is 0 Å². The van der Waals surface area contributed by atoms with Gasteiger partial charge in [-0.3, -0.25) is 4.79 Å². The quantitative estimate of drug-likeness (QED) is 0.808. The number of halogens is 1. The van der Waals surface area contributed by atoms with Crippen LogP contribution in [0.4, 0.5) is 0 Å². The van der Waals surface area contributed by atoms with Gasteiger partial charge in [0.15, 0.2) is 9.84 Å². The highest BCUT2D eigenvalue weighted by atomic mass is 35.5. The van der Waals surface area contributed by atoms with E-state index in [9.17, 15) is 13.2 Å². The van der Waals surface area contributed by atoms with Crippen LogP contribution in [0.3, 0.4) is 0 Å². The normalized spacial score (nSPS) is 20.3. The van der Waals surface area contributed by atoms with Gasteiger partial charge in [-0.15, -0.1) is 0 Å². The predicted octanol–water partition coefficient (Wildman–Crippen LogP) is 0.775. The van der Waals surface area contributed by atoms with Crippen LogP contribution >= 0.6 is 11.6 Å². The molecule has 1 aliphatic heterocycles. The van der Waals surface area contributed by atoms with Crippen LogP contribution in [0.15, 0.2) is 24.3 Å². The third kappa shape index (κ3) is 5.65. The SMILES string of the molecule is O=C(CNC1CCS(=O)(=O)C1)NCCc1ccc(Cl)cc1. The molecule has 2 N–H and O–H groups in total. The molecular formula is C14H19ClN2O3S. The molecule has 1 fully saturated rings. The minimum absolute atomic E-state index is 0.1000. The highest BCUT2D eigenvalue weighted by molar-refractivity contribution is 7.91. The van der Waals surface area contributed by atoms with Crippen molar-refractivity contribution in [2.24, 2.45) is 0 Å². The first-order chi connectivity index (χ1) is 9.94. The van der Waals surface area contributed by atoms with E-state index in [-0.39, 0.29) is 30.0 Å². The minimum atomic E-state index is -2.90. The van der Waals surface area contributed by atoms with Crippen molar-refractivity contribution >= 4 is 27.3 Å². The van der Waals surface area contributed by atoms with Crippen molar-refractivity contribution in [3.05, 3.63) is 34.9 Å². The van der Waals surface area contributed by atoms with Crippen molar-refractivity contribution in [2.45, 2.75) is 18.9 Å². The van der Waals surface area contributed by atoms with Gasteiger partial charge in [-0.05, 0) is 30.5 Å². The average Bonchev–Trinajstić information content (AvgIpc) is 2.78. The smallest absolute Gasteiger partial charge is 0.233 e. The summed E-state index contributed by atoms with van der Waals surface area (Å²) in [5, 5.41) is 6.48. The van der Waals surface area contributed by atoms with E-state index < -0.39 is 9.84 Å². The number of rotatable bonds is 6. The Balaban J connectivity index is 1.63. The van der Waals surface area contributed by atoms with E-state index in [1.54, 1.807) is 0 Å². The molecule has 7 heteroatoms. The number of hydrogen-bond donors (Lipinski definition) is 2. The monoisotopic (exact) mass is 330 g/mol. The number of sulfone groups is 1. The Bertz CT molecular complexity index is 587. The maximum atomic E-state index is 11.7. The summed E-state index contributed by atoms with van der Waals surface area (Å²) >= 11 is 5.80. The molecule has 1 saturated heterocycles. The third-order valence-corrected chi connectivity index (χ3v) is 5.45. The lowest BCUT2D eigenvalue weighted by atomic mass is 10.1. The van der Waals surface area contributed by atoms with E-state index in [1.807, 2.05) is 24.3 Å². The average molecular weight is 331 g/mol. The number of carbonyl (C=O) groups excluding carboxylic acids is 1. The summed E-state index contributed by atoms with van der Waals surface area (Å²) in [4.78, 5) is 11.7. The molecule has 2 rings (SSSR count). The minimum Gasteiger partial charge on any atom is -0.355 e. The van der Waals surface area contributed by atoms with Gasteiger partial charge in [0, 0.05) is 17.6 Å². The highest BCUT2D eigenvalue weighted by Gasteiger charge is 2.27. The predicted molar refractivity (Wildman–Crippen MR) is 83.2 cm³/mol. The van der Waals surface area contributed by atoms with E-state index >= 15 is 0 Å². The van der Waals surface area contributed by atoms with Crippen LogP contribution < -0.4 is 10.6 Å². The van der Waals surface area contributed by atoms with Gasteiger partial charge in [0.1, 0.15) is 0 Å². The van der Waals surface area contributed by atoms with Gasteiger partial charge in [-0.25, -0.2) is 8.42 Å². The molecule has 5 nitrogen and oxygen atoms in total. The van der Waals surface area contributed by atoms with Crippen molar-refractivity contribution in [1.29, 1.82) is 0 Å². The maximum absolute atomic E-state index is 11.7. The second-order valence-corrected chi connectivity index (χ2v) is 7.87. The molecule has 0 saturated carbocycles. The van der Waals surface area contributed by atoms with E-state index in [2.05, 4.69) is 10.6 Å². The Morgan fingerprint density at radius 3 is 2.62 bits per heavy atom. The van der Waals surface area contributed by atoms with E-state index in [0.29, 0.717) is 18.0 Å². The van der Waals surface area contributed by atoms with Crippen molar-refractivity contribution in [1.82, 2.24) is 10.6 Å². The van der Waals surface area contributed by atoms with Gasteiger partial charge in [0.25, 0.3) is 0 Å². The number of amides is 1. The zero-order chi connectivity index (χ0) is 15.3. The van der Waals surface area contributed by atoms with Gasteiger partial charge in [0.05, 0.1) is 18.1 Å². The van der Waals surface area contributed by atoms with Crippen molar-refractivity contribution < 1.29 is 13.2 Å². The molecule has 0 aromatic heterocycles. The van der Waals surface area contributed by atoms with Crippen LogP contribution in [-0.2, 0) is 21.1 Å². The first-order valence-electron chi connectivity index (χ1n) is 6.89. The fraction of sp³-hybridized carbons (Fsp3) is 0.500. The van der Waals surface area contributed by atoms with E-state index in [4.69, 9.17) is 11.6 Å². The standard InChI is InChI=1S/C14H19ClN2O3S/c15-12-3-1-11(2-4-12)5-7-16-14(18)9-17-13-6-8-21(19,20)10-13/h1-4,13,17H,5-10H2,(H,16,18). The molecule has 0 radical (unpaired) electrons. The molecule has 0 aliphatic carbocycles. The van der Waals surface area contributed by atoms with Gasteiger partial charge in [-0.1, -0.05) is 23.7 Å². The molecule has 1 aromatic rings. The van der Waals surface area contributed by atoms with Crippen molar-refractivity contribution in [2.75, 3.05) is 24.6 Å². The molecule has 0 bridgehead atoms.